The molecule has 0 fully saturated rings. The van der Waals surface area contributed by atoms with Gasteiger partial charge in [0.2, 0.25) is 0 Å². The van der Waals surface area contributed by atoms with Crippen LogP contribution in [0.4, 0.5) is 17.1 Å². The Labute approximate surface area is 290 Å². The van der Waals surface area contributed by atoms with Gasteiger partial charge in [-0.05, 0) is 104 Å². The quantitative estimate of drug-likeness (QED) is 0.187. The second-order valence-electron chi connectivity index (χ2n) is 13.0. The third-order valence-electron chi connectivity index (χ3n) is 9.99. The van der Waals surface area contributed by atoms with E-state index in [2.05, 4.69) is 181 Å². The van der Waals surface area contributed by atoms with Gasteiger partial charge in [0.05, 0.1) is 16.8 Å². The van der Waals surface area contributed by atoms with Crippen molar-refractivity contribution in [1.29, 1.82) is 0 Å². The number of nitrogens with zero attached hydrogens (tertiary/aromatic N) is 1. The third kappa shape index (κ3) is 4.73. The van der Waals surface area contributed by atoms with Crippen molar-refractivity contribution in [3.63, 3.8) is 0 Å². The van der Waals surface area contributed by atoms with Gasteiger partial charge in [-0.25, -0.2) is 0 Å². The molecule has 0 radical (unpaired) electrons. The van der Waals surface area contributed by atoms with E-state index in [1.807, 2.05) is 12.1 Å². The Morgan fingerprint density at radius 2 is 0.880 bits per heavy atom. The molecule has 234 valence electrons. The zero-order valence-corrected chi connectivity index (χ0v) is 27.3. The predicted molar refractivity (Wildman–Crippen MR) is 212 cm³/mol. The maximum absolute atomic E-state index is 6.37. The molecular formula is C48H31NO. The Hall–Kier alpha value is -6.64. The molecular weight excluding hydrogens is 607 g/mol. The van der Waals surface area contributed by atoms with E-state index in [1.54, 1.807) is 0 Å². The minimum atomic E-state index is 0.878. The molecule has 0 aliphatic carbocycles. The fraction of sp³-hybridized carbons (Fsp3) is 0. The molecule has 0 N–H and O–H groups in total. The number of furan rings is 1. The normalized spacial score (nSPS) is 11.6. The van der Waals surface area contributed by atoms with Crippen LogP contribution in [0.3, 0.4) is 0 Å². The van der Waals surface area contributed by atoms with Crippen molar-refractivity contribution in [2.45, 2.75) is 0 Å². The van der Waals surface area contributed by atoms with Gasteiger partial charge in [-0.15, -0.1) is 0 Å². The molecule has 2 heteroatoms. The Bertz CT molecular complexity index is 2880. The van der Waals surface area contributed by atoms with Crippen molar-refractivity contribution in [3.8, 4) is 22.3 Å². The lowest BCUT2D eigenvalue weighted by atomic mass is 9.96. The first-order valence-corrected chi connectivity index (χ1v) is 17.1. The molecule has 0 atom stereocenters. The monoisotopic (exact) mass is 637 g/mol. The highest BCUT2D eigenvalue weighted by atomic mass is 16.3. The first kappa shape index (κ1) is 28.4. The summed E-state index contributed by atoms with van der Waals surface area (Å²) in [6, 6.07) is 67.6. The Balaban J connectivity index is 1.15. The zero-order valence-electron chi connectivity index (χ0n) is 27.3. The number of benzene rings is 9. The van der Waals surface area contributed by atoms with Crippen molar-refractivity contribution in [2.75, 3.05) is 4.90 Å². The topological polar surface area (TPSA) is 16.4 Å². The molecule has 10 rings (SSSR count). The highest BCUT2D eigenvalue weighted by molar-refractivity contribution is 6.15. The number of fused-ring (bicyclic) bond motifs is 6. The summed E-state index contributed by atoms with van der Waals surface area (Å²) in [5, 5.41) is 9.48. The maximum atomic E-state index is 6.37. The van der Waals surface area contributed by atoms with E-state index in [9.17, 15) is 0 Å². The lowest BCUT2D eigenvalue weighted by molar-refractivity contribution is 0.669. The maximum Gasteiger partial charge on any atom is 0.137 e. The van der Waals surface area contributed by atoms with Crippen LogP contribution < -0.4 is 4.90 Å². The molecule has 2 nitrogen and oxygen atoms in total. The largest absolute Gasteiger partial charge is 0.456 e. The van der Waals surface area contributed by atoms with E-state index in [1.165, 1.54) is 54.6 Å². The summed E-state index contributed by atoms with van der Waals surface area (Å²) in [6.07, 6.45) is 0. The highest BCUT2D eigenvalue weighted by Crippen LogP contribution is 2.45. The molecule has 0 unspecified atom stereocenters. The number of rotatable bonds is 5. The SMILES string of the molecule is c1ccc(-c2ccc3ccc(-c4ccc5ccc(N(c6cccc7ccccc67)c6cccc7oc8ccccc8c67)cc5c4)cc3c2)cc1. The first-order valence-electron chi connectivity index (χ1n) is 17.1. The second kappa shape index (κ2) is 11.5. The molecule has 0 spiro atoms. The molecule has 10 aromatic rings. The van der Waals surface area contributed by atoms with Crippen molar-refractivity contribution in [1.82, 2.24) is 0 Å². The van der Waals surface area contributed by atoms with Crippen molar-refractivity contribution in [3.05, 3.63) is 188 Å². The molecule has 50 heavy (non-hydrogen) atoms. The van der Waals surface area contributed by atoms with Gasteiger partial charge in [-0.2, -0.15) is 0 Å². The number of hydrogen-bond acceptors (Lipinski definition) is 2. The molecule has 1 heterocycles. The van der Waals surface area contributed by atoms with Crippen LogP contribution in [0, 0.1) is 0 Å². The van der Waals surface area contributed by atoms with Crippen LogP contribution in [0.25, 0.3) is 76.5 Å². The van der Waals surface area contributed by atoms with E-state index in [0.717, 1.165) is 39.0 Å². The number of hydrogen-bond donors (Lipinski definition) is 0. The van der Waals surface area contributed by atoms with Gasteiger partial charge in [0.1, 0.15) is 11.2 Å². The van der Waals surface area contributed by atoms with Gasteiger partial charge in [0, 0.05) is 16.5 Å². The van der Waals surface area contributed by atoms with Crippen LogP contribution in [0.2, 0.25) is 0 Å². The van der Waals surface area contributed by atoms with E-state index in [4.69, 9.17) is 4.42 Å². The summed E-state index contributed by atoms with van der Waals surface area (Å²) in [5.41, 5.74) is 9.93. The fourth-order valence-corrected chi connectivity index (χ4v) is 7.54. The van der Waals surface area contributed by atoms with Gasteiger partial charge in [-0.1, -0.05) is 133 Å². The highest BCUT2D eigenvalue weighted by Gasteiger charge is 2.21. The molecule has 0 amide bonds. The fourth-order valence-electron chi connectivity index (χ4n) is 7.54. The van der Waals surface area contributed by atoms with Crippen LogP contribution in [0.15, 0.2) is 192 Å². The van der Waals surface area contributed by atoms with E-state index in [-0.39, 0.29) is 0 Å². The van der Waals surface area contributed by atoms with Crippen LogP contribution in [0.5, 0.6) is 0 Å². The average Bonchev–Trinajstić information content (AvgIpc) is 3.57. The van der Waals surface area contributed by atoms with E-state index in [0.29, 0.717) is 0 Å². The number of anilines is 3. The van der Waals surface area contributed by atoms with Gasteiger partial charge in [-0.3, -0.25) is 0 Å². The summed E-state index contributed by atoms with van der Waals surface area (Å²) in [6.45, 7) is 0. The molecule has 0 saturated carbocycles. The second-order valence-corrected chi connectivity index (χ2v) is 13.0. The van der Waals surface area contributed by atoms with E-state index < -0.39 is 0 Å². The lowest BCUT2D eigenvalue weighted by Gasteiger charge is -2.28. The van der Waals surface area contributed by atoms with Crippen LogP contribution >= 0.6 is 0 Å². The van der Waals surface area contributed by atoms with E-state index >= 15 is 0 Å². The van der Waals surface area contributed by atoms with Crippen molar-refractivity contribution < 1.29 is 4.42 Å². The summed E-state index contributed by atoms with van der Waals surface area (Å²) in [7, 11) is 0. The van der Waals surface area contributed by atoms with Crippen LogP contribution in [-0.2, 0) is 0 Å². The van der Waals surface area contributed by atoms with Crippen LogP contribution in [0.1, 0.15) is 0 Å². The smallest absolute Gasteiger partial charge is 0.137 e. The summed E-state index contributed by atoms with van der Waals surface area (Å²) < 4.78 is 6.37. The molecule has 0 aliphatic rings. The van der Waals surface area contributed by atoms with Crippen molar-refractivity contribution in [2.24, 2.45) is 0 Å². The minimum absolute atomic E-state index is 0.878. The Kier molecular flexibility index (Phi) is 6.53. The molecule has 9 aromatic carbocycles. The standard InChI is InChI=1S/C48H31NO/c1-2-10-32(11-3-1)36-23-20-33-21-24-37(29-39(33)28-36)38-25-22-34-26-27-41(31-40(34)30-38)49(44-16-8-13-35-12-4-5-14-42(35)44)45-17-9-19-47-48(45)43-15-6-7-18-46(43)50-47/h1-31H. The molecule has 0 saturated heterocycles. The predicted octanol–water partition coefficient (Wildman–Crippen LogP) is 13.8. The van der Waals surface area contributed by atoms with Gasteiger partial charge in [0.25, 0.3) is 0 Å². The van der Waals surface area contributed by atoms with Crippen molar-refractivity contribution >= 4 is 71.3 Å². The lowest BCUT2D eigenvalue weighted by Crippen LogP contribution is -2.11. The summed E-state index contributed by atoms with van der Waals surface area (Å²) in [5.74, 6) is 0. The van der Waals surface area contributed by atoms with Gasteiger partial charge < -0.3 is 9.32 Å². The molecule has 1 aromatic heterocycles. The molecule has 0 aliphatic heterocycles. The van der Waals surface area contributed by atoms with Gasteiger partial charge in [0.15, 0.2) is 0 Å². The molecule has 0 bridgehead atoms. The number of para-hydroxylation sites is 1. The zero-order chi connectivity index (χ0) is 33.0. The Morgan fingerprint density at radius 1 is 0.320 bits per heavy atom. The third-order valence-corrected chi connectivity index (χ3v) is 9.99. The van der Waals surface area contributed by atoms with Crippen LogP contribution in [-0.4, -0.2) is 0 Å². The first-order chi connectivity index (χ1) is 24.8. The minimum Gasteiger partial charge on any atom is -0.456 e. The summed E-state index contributed by atoms with van der Waals surface area (Å²) in [4.78, 5) is 2.40. The van der Waals surface area contributed by atoms with Gasteiger partial charge >= 0.3 is 0 Å². The Morgan fingerprint density at radius 3 is 1.66 bits per heavy atom. The average molecular weight is 638 g/mol. The summed E-state index contributed by atoms with van der Waals surface area (Å²) >= 11 is 0.